The van der Waals surface area contributed by atoms with E-state index >= 15 is 0 Å². The van der Waals surface area contributed by atoms with Crippen LogP contribution in [0.2, 0.25) is 0 Å². The lowest BCUT2D eigenvalue weighted by Crippen LogP contribution is -2.14. The van der Waals surface area contributed by atoms with Crippen LogP contribution in [0.25, 0.3) is 0 Å². The van der Waals surface area contributed by atoms with Crippen LogP contribution >= 0.6 is 15.9 Å². The summed E-state index contributed by atoms with van der Waals surface area (Å²) in [6, 6.07) is 14.5. The van der Waals surface area contributed by atoms with Crippen molar-refractivity contribution in [1.29, 1.82) is 5.26 Å². The molecule has 4 nitrogen and oxygen atoms in total. The number of benzene rings is 2. The molecule has 0 aromatic heterocycles. The Hall–Kier alpha value is -2.65. The van der Waals surface area contributed by atoms with Gasteiger partial charge in [-0.2, -0.15) is 5.26 Å². The molecule has 150 valence electrons. The number of nitriles is 1. The van der Waals surface area contributed by atoms with Gasteiger partial charge < -0.3 is 9.47 Å². The lowest BCUT2D eigenvalue weighted by atomic mass is 10.1. The van der Waals surface area contributed by atoms with Gasteiger partial charge in [-0.3, -0.25) is 4.79 Å². The molecule has 0 amide bonds. The van der Waals surface area contributed by atoms with Crippen molar-refractivity contribution in [1.82, 2.24) is 0 Å². The summed E-state index contributed by atoms with van der Waals surface area (Å²) in [6.07, 6.45) is 0.950. The summed E-state index contributed by atoms with van der Waals surface area (Å²) in [4.78, 5) is 12.7. The van der Waals surface area contributed by atoms with Crippen molar-refractivity contribution in [3.63, 3.8) is 0 Å². The van der Waals surface area contributed by atoms with Crippen molar-refractivity contribution in [2.75, 3.05) is 0 Å². The molecule has 2 aromatic carbocycles. The average Bonchev–Trinajstić information content (AvgIpc) is 3.19. The third-order valence-corrected chi connectivity index (χ3v) is 5.38. The molecule has 6 heteroatoms. The lowest BCUT2D eigenvalue weighted by molar-refractivity contribution is -0.149. The zero-order valence-electron chi connectivity index (χ0n) is 16.4. The van der Waals surface area contributed by atoms with E-state index in [1.54, 1.807) is 36.4 Å². The molecular formula is C23H21BrFNO3. The summed E-state index contributed by atoms with van der Waals surface area (Å²) in [6.45, 7) is 5.93. The number of hydrogen-bond donors (Lipinski definition) is 0. The Morgan fingerprint density at radius 2 is 1.90 bits per heavy atom. The average molecular weight is 458 g/mol. The molecule has 0 radical (unpaired) electrons. The number of ether oxygens (including phenoxy) is 2. The highest BCUT2D eigenvalue weighted by molar-refractivity contribution is 9.11. The number of allylic oxidation sites excluding steroid dienone is 2. The van der Waals surface area contributed by atoms with E-state index in [1.165, 1.54) is 12.1 Å². The van der Waals surface area contributed by atoms with Crippen molar-refractivity contribution in [2.24, 2.45) is 17.3 Å². The Balaban J connectivity index is 1.73. The SMILES string of the molecule is CC(Br)=CC1C(C(=O)OC(C#N)c2cccc(Oc3cccc(F)c3)c2)C1(C)C. The topological polar surface area (TPSA) is 59.3 Å². The summed E-state index contributed by atoms with van der Waals surface area (Å²) < 4.78 is 25.5. The first-order valence-corrected chi connectivity index (χ1v) is 9.99. The van der Waals surface area contributed by atoms with E-state index in [2.05, 4.69) is 15.9 Å². The van der Waals surface area contributed by atoms with Gasteiger partial charge in [0.25, 0.3) is 0 Å². The van der Waals surface area contributed by atoms with Crippen LogP contribution < -0.4 is 4.74 Å². The second-order valence-electron chi connectivity index (χ2n) is 7.66. The molecule has 0 spiro atoms. The monoisotopic (exact) mass is 457 g/mol. The van der Waals surface area contributed by atoms with Gasteiger partial charge in [0.15, 0.2) is 0 Å². The summed E-state index contributed by atoms with van der Waals surface area (Å²) in [5.74, 6) is -0.266. The number of rotatable bonds is 6. The Morgan fingerprint density at radius 3 is 2.52 bits per heavy atom. The van der Waals surface area contributed by atoms with Crippen molar-refractivity contribution in [2.45, 2.75) is 26.9 Å². The van der Waals surface area contributed by atoms with Gasteiger partial charge in [0.05, 0.1) is 5.92 Å². The molecule has 0 heterocycles. The number of esters is 1. The molecule has 3 unspecified atom stereocenters. The van der Waals surface area contributed by atoms with E-state index in [0.29, 0.717) is 17.1 Å². The minimum absolute atomic E-state index is 0.0661. The molecule has 0 bridgehead atoms. The fourth-order valence-corrected chi connectivity index (χ4v) is 3.74. The van der Waals surface area contributed by atoms with Crippen molar-refractivity contribution in [3.8, 4) is 17.6 Å². The second-order valence-corrected chi connectivity index (χ2v) is 8.91. The molecular weight excluding hydrogens is 437 g/mol. The van der Waals surface area contributed by atoms with Crippen LogP contribution in [0.5, 0.6) is 11.5 Å². The van der Waals surface area contributed by atoms with E-state index in [1.807, 2.05) is 32.9 Å². The fourth-order valence-electron chi connectivity index (χ4n) is 3.45. The molecule has 0 aliphatic heterocycles. The molecule has 1 aliphatic rings. The lowest BCUT2D eigenvalue weighted by Gasteiger charge is -2.13. The molecule has 1 saturated carbocycles. The summed E-state index contributed by atoms with van der Waals surface area (Å²) in [5, 5.41) is 9.55. The number of halogens is 2. The van der Waals surface area contributed by atoms with Gasteiger partial charge in [-0.15, -0.1) is 0 Å². The number of nitrogens with zero attached hydrogens (tertiary/aromatic N) is 1. The van der Waals surface area contributed by atoms with E-state index in [-0.39, 0.29) is 17.3 Å². The van der Waals surface area contributed by atoms with Crippen molar-refractivity contribution >= 4 is 21.9 Å². The molecule has 2 aromatic rings. The molecule has 0 saturated heterocycles. The van der Waals surface area contributed by atoms with Crippen LogP contribution in [-0.4, -0.2) is 5.97 Å². The molecule has 3 atom stereocenters. The Labute approximate surface area is 178 Å². The van der Waals surface area contributed by atoms with Crippen LogP contribution in [0.1, 0.15) is 32.4 Å². The maximum atomic E-state index is 13.3. The van der Waals surface area contributed by atoms with E-state index in [4.69, 9.17) is 9.47 Å². The minimum Gasteiger partial charge on any atom is -0.457 e. The standard InChI is InChI=1S/C23H21BrFNO3/c1-14(24)10-19-21(23(19,2)3)22(27)29-20(13-26)15-6-4-8-17(11-15)28-18-9-5-7-16(25)12-18/h4-12,19-21H,1-3H3. The van der Waals surface area contributed by atoms with Crippen LogP contribution in [0, 0.1) is 34.4 Å². The molecule has 1 aliphatic carbocycles. The predicted octanol–water partition coefficient (Wildman–Crippen LogP) is 6.30. The van der Waals surface area contributed by atoms with E-state index in [0.717, 1.165) is 4.48 Å². The predicted molar refractivity (Wildman–Crippen MR) is 111 cm³/mol. The maximum Gasteiger partial charge on any atom is 0.311 e. The summed E-state index contributed by atoms with van der Waals surface area (Å²) >= 11 is 3.40. The molecule has 1 fully saturated rings. The summed E-state index contributed by atoms with van der Waals surface area (Å²) in [7, 11) is 0. The normalized spacial score (nSPS) is 21.0. The van der Waals surface area contributed by atoms with Gasteiger partial charge in [-0.05, 0) is 47.0 Å². The van der Waals surface area contributed by atoms with Gasteiger partial charge in [0.1, 0.15) is 23.4 Å². The molecule has 3 rings (SSSR count). The zero-order chi connectivity index (χ0) is 21.2. The minimum atomic E-state index is -1.05. The van der Waals surface area contributed by atoms with Gasteiger partial charge in [-0.1, -0.05) is 54.1 Å². The first kappa shape index (κ1) is 21.1. The third-order valence-electron chi connectivity index (χ3n) is 5.12. The smallest absolute Gasteiger partial charge is 0.311 e. The van der Waals surface area contributed by atoms with Crippen LogP contribution in [0.4, 0.5) is 4.39 Å². The Kier molecular flexibility index (Phi) is 6.09. The van der Waals surface area contributed by atoms with Crippen LogP contribution in [0.3, 0.4) is 0 Å². The first-order chi connectivity index (χ1) is 13.7. The van der Waals surface area contributed by atoms with Gasteiger partial charge in [0, 0.05) is 11.6 Å². The third kappa shape index (κ3) is 4.86. The highest BCUT2D eigenvalue weighted by Gasteiger charge is 2.61. The molecule has 0 N–H and O–H groups in total. The van der Waals surface area contributed by atoms with Crippen molar-refractivity contribution < 1.29 is 18.7 Å². The van der Waals surface area contributed by atoms with Crippen LogP contribution in [0.15, 0.2) is 59.1 Å². The molecule has 29 heavy (non-hydrogen) atoms. The Bertz CT molecular complexity index is 992. The highest BCUT2D eigenvalue weighted by atomic mass is 79.9. The zero-order valence-corrected chi connectivity index (χ0v) is 17.9. The second kappa shape index (κ2) is 8.38. The van der Waals surface area contributed by atoms with Gasteiger partial charge >= 0.3 is 5.97 Å². The maximum absolute atomic E-state index is 13.3. The van der Waals surface area contributed by atoms with Gasteiger partial charge in [-0.25, -0.2) is 4.39 Å². The number of carbonyl (C=O) groups is 1. The van der Waals surface area contributed by atoms with Gasteiger partial charge in [0.2, 0.25) is 6.10 Å². The summed E-state index contributed by atoms with van der Waals surface area (Å²) in [5.41, 5.74) is 0.283. The first-order valence-electron chi connectivity index (χ1n) is 9.20. The number of carbonyl (C=O) groups excluding carboxylic acids is 1. The van der Waals surface area contributed by atoms with Crippen LogP contribution in [-0.2, 0) is 9.53 Å². The van der Waals surface area contributed by atoms with Crippen molar-refractivity contribution in [3.05, 3.63) is 70.5 Å². The largest absolute Gasteiger partial charge is 0.457 e. The van der Waals surface area contributed by atoms with E-state index < -0.39 is 17.9 Å². The Morgan fingerprint density at radius 1 is 1.24 bits per heavy atom. The highest BCUT2D eigenvalue weighted by Crippen LogP contribution is 2.60. The number of hydrogen-bond acceptors (Lipinski definition) is 4. The fraction of sp³-hybridized carbons (Fsp3) is 0.304. The quantitative estimate of drug-likeness (QED) is 0.477. The van der Waals surface area contributed by atoms with E-state index in [9.17, 15) is 14.4 Å².